The molecule has 0 aliphatic heterocycles. The van der Waals surface area contributed by atoms with Crippen molar-refractivity contribution in [1.82, 2.24) is 0 Å². The molecule has 0 bridgehead atoms. The predicted molar refractivity (Wildman–Crippen MR) is 43.0 cm³/mol. The van der Waals surface area contributed by atoms with Crippen molar-refractivity contribution >= 4 is 61.8 Å². The fraction of sp³-hybridized carbons (Fsp3) is 0. The van der Waals surface area contributed by atoms with Crippen molar-refractivity contribution in [2.45, 2.75) is 0 Å². The predicted octanol–water partition coefficient (Wildman–Crippen LogP) is -6.25. The van der Waals surface area contributed by atoms with Crippen LogP contribution in [0, 0.1) is 0 Å². The van der Waals surface area contributed by atoms with Gasteiger partial charge in [0, 0.05) is 16.8 Å². The van der Waals surface area contributed by atoms with E-state index in [-0.39, 0.29) is 101 Å². The van der Waals surface area contributed by atoms with E-state index < -0.39 is 10.4 Å². The Morgan fingerprint density at radius 2 is 0.692 bits per heavy atom. The molecule has 0 fully saturated rings. The van der Waals surface area contributed by atoms with E-state index in [9.17, 15) is 0 Å². The van der Waals surface area contributed by atoms with Gasteiger partial charge in [0.1, 0.15) is 0 Å². The molecule has 0 saturated heterocycles. The third-order valence-electron chi connectivity index (χ3n) is 0. The van der Waals surface area contributed by atoms with Crippen molar-refractivity contribution < 1.29 is 67.2 Å². The molecule has 13 heavy (non-hydrogen) atoms. The molecule has 0 aromatic rings. The van der Waals surface area contributed by atoms with Crippen LogP contribution in [0.15, 0.2) is 0 Å². The summed E-state index contributed by atoms with van der Waals surface area (Å²) in [4.78, 5) is 0. The quantitative estimate of drug-likeness (QED) is 0.326. The van der Waals surface area contributed by atoms with Gasteiger partial charge in [-0.15, -0.1) is 0 Å². The van der Waals surface area contributed by atoms with E-state index in [4.69, 9.17) is 17.5 Å². The van der Waals surface area contributed by atoms with Crippen LogP contribution in [0.4, 0.5) is 0 Å². The zero-order valence-electron chi connectivity index (χ0n) is 5.45. The van der Waals surface area contributed by atoms with Gasteiger partial charge in [0.15, 0.2) is 0 Å². The molecule has 14 N–H and O–H groups in total. The summed E-state index contributed by atoms with van der Waals surface area (Å²) in [6, 6.07) is 0. The second-order valence-electron chi connectivity index (χ2n) is 0.448. The summed E-state index contributed by atoms with van der Waals surface area (Å²) in [5.74, 6) is 0. The molecule has 0 aromatic carbocycles. The zero-order chi connectivity index (χ0) is 4.50. The summed E-state index contributed by atoms with van der Waals surface area (Å²) in [6.07, 6.45) is 0. The summed E-state index contributed by atoms with van der Waals surface area (Å²) >= 11 is 0. The van der Waals surface area contributed by atoms with Crippen molar-refractivity contribution in [2.24, 2.45) is 0 Å². The van der Waals surface area contributed by atoms with E-state index in [0.29, 0.717) is 0 Å². The molecular formula is H15CoKO10S. The van der Waals surface area contributed by atoms with Crippen molar-refractivity contribution in [1.29, 1.82) is 0 Å². The summed E-state index contributed by atoms with van der Waals surface area (Å²) in [6.45, 7) is 0. The fourth-order valence-electron chi connectivity index (χ4n) is 0. The molecule has 0 saturated carbocycles. The van der Waals surface area contributed by atoms with Gasteiger partial charge in [0.25, 0.3) is 0 Å². The average molecular weight is 305 g/mol. The van der Waals surface area contributed by atoms with Crippen molar-refractivity contribution in [2.75, 3.05) is 0 Å². The first-order valence-electron chi connectivity index (χ1n) is 0.698. The molecule has 0 heterocycles. The summed E-state index contributed by atoms with van der Waals surface area (Å²) < 4.78 is 31.6. The number of hydrogen-bond donors (Lipinski definition) is 2. The first kappa shape index (κ1) is 84.1. The molecule has 0 aliphatic rings. The third kappa shape index (κ3) is 607. The van der Waals surface area contributed by atoms with Gasteiger partial charge in [-0.3, -0.25) is 9.11 Å². The first-order chi connectivity index (χ1) is 2.00. The van der Waals surface area contributed by atoms with Crippen LogP contribution in [0.25, 0.3) is 0 Å². The van der Waals surface area contributed by atoms with Gasteiger partial charge >= 0.3 is 61.8 Å². The average Bonchev–Trinajstić information content (AvgIpc) is 0.722. The zero-order valence-corrected chi connectivity index (χ0v) is 7.31. The van der Waals surface area contributed by atoms with Gasteiger partial charge in [-0.1, -0.05) is 0 Å². The van der Waals surface area contributed by atoms with Crippen LogP contribution in [0.3, 0.4) is 0 Å². The Kier molecular flexibility index (Phi) is 241. The SMILES string of the molecule is O.O.O.O.O.O.O=S(=O)(O)O.[Co].[KH]. The molecule has 1 radical (unpaired) electrons. The summed E-state index contributed by atoms with van der Waals surface area (Å²) in [5.41, 5.74) is 0. The van der Waals surface area contributed by atoms with Gasteiger partial charge < -0.3 is 32.9 Å². The van der Waals surface area contributed by atoms with Gasteiger partial charge in [-0.2, -0.15) is 8.42 Å². The second kappa shape index (κ2) is 37.2. The maximum absolute atomic E-state index is 8.74. The third-order valence-corrected chi connectivity index (χ3v) is 0. The Labute approximate surface area is 127 Å². The van der Waals surface area contributed by atoms with Crippen molar-refractivity contribution in [3.63, 3.8) is 0 Å². The van der Waals surface area contributed by atoms with Crippen LogP contribution in [0.2, 0.25) is 0 Å². The minimum atomic E-state index is -4.67. The maximum atomic E-state index is 8.74. The number of hydrogen-bond acceptors (Lipinski definition) is 2. The van der Waals surface area contributed by atoms with E-state index in [1.807, 2.05) is 0 Å². The van der Waals surface area contributed by atoms with Crippen LogP contribution in [-0.2, 0) is 27.2 Å². The minimum absolute atomic E-state index is 0. The van der Waals surface area contributed by atoms with Crippen LogP contribution < -0.4 is 0 Å². The Balaban J connectivity index is -0.00000000286. The van der Waals surface area contributed by atoms with E-state index >= 15 is 0 Å². The molecule has 0 aliphatic carbocycles. The first-order valence-corrected chi connectivity index (χ1v) is 2.10. The Hall–Kier alpha value is 1.77. The Morgan fingerprint density at radius 3 is 0.692 bits per heavy atom. The van der Waals surface area contributed by atoms with Gasteiger partial charge in [0.2, 0.25) is 0 Å². The normalized spacial score (nSPS) is 4.46. The molecule has 0 aromatic heterocycles. The molecule has 91 valence electrons. The standard InChI is InChI=1S/Co.K.H2O4S.6H2O.H/c;;1-5(2,3)4;;;;;;;/h;;(H2,1,2,3,4);6*1H2;. The van der Waals surface area contributed by atoms with E-state index in [0.717, 1.165) is 0 Å². The van der Waals surface area contributed by atoms with E-state index in [1.54, 1.807) is 0 Å². The molecule has 0 atom stereocenters. The monoisotopic (exact) mass is 305 g/mol. The molecule has 0 unspecified atom stereocenters. The van der Waals surface area contributed by atoms with Gasteiger partial charge in [-0.05, 0) is 0 Å². The summed E-state index contributed by atoms with van der Waals surface area (Å²) in [5, 5.41) is 0. The fourth-order valence-corrected chi connectivity index (χ4v) is 0. The summed E-state index contributed by atoms with van der Waals surface area (Å²) in [7, 11) is -4.67. The molecule has 0 spiro atoms. The van der Waals surface area contributed by atoms with Gasteiger partial charge in [0.05, 0.1) is 0 Å². The molecule has 10 nitrogen and oxygen atoms in total. The molecule has 0 rings (SSSR count). The van der Waals surface area contributed by atoms with Crippen LogP contribution in [0.1, 0.15) is 0 Å². The van der Waals surface area contributed by atoms with E-state index in [1.165, 1.54) is 0 Å². The molecule has 0 amide bonds. The molecule has 13 heteroatoms. The van der Waals surface area contributed by atoms with Crippen LogP contribution >= 0.6 is 0 Å². The van der Waals surface area contributed by atoms with E-state index in [2.05, 4.69) is 0 Å². The second-order valence-corrected chi connectivity index (χ2v) is 1.34. The van der Waals surface area contributed by atoms with Gasteiger partial charge in [-0.25, -0.2) is 0 Å². The Bertz CT molecular complexity index is 98.1. The van der Waals surface area contributed by atoms with Crippen molar-refractivity contribution in [3.8, 4) is 0 Å². The van der Waals surface area contributed by atoms with Crippen LogP contribution in [-0.4, -0.2) is 102 Å². The topological polar surface area (TPSA) is 264 Å². The van der Waals surface area contributed by atoms with Crippen LogP contribution in [0.5, 0.6) is 0 Å². The Morgan fingerprint density at radius 1 is 0.692 bits per heavy atom. The van der Waals surface area contributed by atoms with Crippen molar-refractivity contribution in [3.05, 3.63) is 0 Å². The molecular weight excluding hydrogens is 290 g/mol. The number of rotatable bonds is 0.